The molecular formula is C10H23N. The van der Waals surface area contributed by atoms with E-state index in [1.165, 1.54) is 5.57 Å². The fourth-order valence-corrected chi connectivity index (χ4v) is 0.499. The van der Waals surface area contributed by atoms with Crippen molar-refractivity contribution in [1.29, 1.82) is 0 Å². The summed E-state index contributed by atoms with van der Waals surface area (Å²) in [6.07, 6.45) is 2.23. The van der Waals surface area contributed by atoms with E-state index in [-0.39, 0.29) is 0 Å². The van der Waals surface area contributed by atoms with Crippen LogP contribution in [0.15, 0.2) is 11.6 Å². The summed E-state index contributed by atoms with van der Waals surface area (Å²) in [5, 5.41) is 3.08. The molecule has 1 heteroatoms. The maximum absolute atomic E-state index is 3.08. The lowest BCUT2D eigenvalue weighted by molar-refractivity contribution is 0.757. The van der Waals surface area contributed by atoms with Crippen LogP contribution in [0.3, 0.4) is 0 Å². The molecule has 0 aliphatic rings. The van der Waals surface area contributed by atoms with Crippen LogP contribution < -0.4 is 5.32 Å². The van der Waals surface area contributed by atoms with Crippen molar-refractivity contribution in [1.82, 2.24) is 5.32 Å². The van der Waals surface area contributed by atoms with E-state index in [0.717, 1.165) is 6.54 Å². The Bertz CT molecular complexity index is 93.0. The van der Waals surface area contributed by atoms with Gasteiger partial charge in [0.15, 0.2) is 0 Å². The zero-order chi connectivity index (χ0) is 9.28. The SMILES string of the molecule is CC.CNCC=C(C)C(C)C. The minimum absolute atomic E-state index is 0.693. The minimum atomic E-state index is 0.693. The Morgan fingerprint density at radius 1 is 1.36 bits per heavy atom. The Morgan fingerprint density at radius 3 is 2.09 bits per heavy atom. The van der Waals surface area contributed by atoms with Crippen molar-refractivity contribution < 1.29 is 0 Å². The minimum Gasteiger partial charge on any atom is -0.316 e. The monoisotopic (exact) mass is 157 g/mol. The predicted octanol–water partition coefficient (Wildman–Crippen LogP) is 2.83. The molecule has 0 aromatic carbocycles. The van der Waals surface area contributed by atoms with Gasteiger partial charge in [-0.1, -0.05) is 39.3 Å². The van der Waals surface area contributed by atoms with Crippen LogP contribution in [0.25, 0.3) is 0 Å². The lowest BCUT2D eigenvalue weighted by atomic mass is 10.1. The Kier molecular flexibility index (Phi) is 11.7. The summed E-state index contributed by atoms with van der Waals surface area (Å²) in [6, 6.07) is 0. The molecule has 0 unspecified atom stereocenters. The number of hydrogen-bond acceptors (Lipinski definition) is 1. The molecule has 0 heterocycles. The Hall–Kier alpha value is -0.300. The fourth-order valence-electron chi connectivity index (χ4n) is 0.499. The molecule has 1 N–H and O–H groups in total. The standard InChI is InChI=1S/C8H17N.C2H6/c1-7(2)8(3)5-6-9-4;1-2/h5,7,9H,6H2,1-4H3;1-2H3. The summed E-state index contributed by atoms with van der Waals surface area (Å²) in [7, 11) is 1.96. The average molecular weight is 157 g/mol. The Morgan fingerprint density at radius 2 is 1.82 bits per heavy atom. The number of hydrogen-bond donors (Lipinski definition) is 1. The van der Waals surface area contributed by atoms with Crippen LogP contribution in [-0.2, 0) is 0 Å². The highest BCUT2D eigenvalue weighted by Crippen LogP contribution is 2.05. The van der Waals surface area contributed by atoms with Crippen LogP contribution >= 0.6 is 0 Å². The van der Waals surface area contributed by atoms with E-state index < -0.39 is 0 Å². The first-order chi connectivity index (χ1) is 5.18. The van der Waals surface area contributed by atoms with E-state index in [1.54, 1.807) is 0 Å². The maximum Gasteiger partial charge on any atom is 0.0134 e. The van der Waals surface area contributed by atoms with Crippen molar-refractivity contribution in [3.8, 4) is 0 Å². The second-order valence-corrected chi connectivity index (χ2v) is 2.66. The van der Waals surface area contributed by atoms with E-state index in [0.29, 0.717) is 5.92 Å². The second-order valence-electron chi connectivity index (χ2n) is 2.66. The van der Waals surface area contributed by atoms with Gasteiger partial charge in [0.05, 0.1) is 0 Å². The van der Waals surface area contributed by atoms with Crippen molar-refractivity contribution in [2.45, 2.75) is 34.6 Å². The molecule has 0 bridgehead atoms. The quantitative estimate of drug-likeness (QED) is 0.621. The highest BCUT2D eigenvalue weighted by molar-refractivity contribution is 5.01. The van der Waals surface area contributed by atoms with Crippen molar-refractivity contribution >= 4 is 0 Å². The zero-order valence-electron chi connectivity index (χ0n) is 8.86. The first kappa shape index (κ1) is 13.3. The number of nitrogens with one attached hydrogen (secondary N) is 1. The van der Waals surface area contributed by atoms with Gasteiger partial charge in [-0.3, -0.25) is 0 Å². The molecule has 11 heavy (non-hydrogen) atoms. The number of likely N-dealkylation sites (N-methyl/N-ethyl adjacent to an activating group) is 1. The van der Waals surface area contributed by atoms with E-state index >= 15 is 0 Å². The van der Waals surface area contributed by atoms with Gasteiger partial charge in [-0.15, -0.1) is 0 Å². The molecule has 0 aromatic rings. The summed E-state index contributed by atoms with van der Waals surface area (Å²) < 4.78 is 0. The molecule has 0 spiro atoms. The van der Waals surface area contributed by atoms with E-state index in [4.69, 9.17) is 0 Å². The van der Waals surface area contributed by atoms with Crippen molar-refractivity contribution in [2.75, 3.05) is 13.6 Å². The normalized spacial score (nSPS) is 11.0. The van der Waals surface area contributed by atoms with Gasteiger partial charge >= 0.3 is 0 Å². The van der Waals surface area contributed by atoms with Crippen LogP contribution in [0.5, 0.6) is 0 Å². The van der Waals surface area contributed by atoms with E-state index in [2.05, 4.69) is 32.2 Å². The van der Waals surface area contributed by atoms with Crippen LogP contribution in [-0.4, -0.2) is 13.6 Å². The van der Waals surface area contributed by atoms with Crippen molar-refractivity contribution in [3.05, 3.63) is 11.6 Å². The van der Waals surface area contributed by atoms with Crippen LogP contribution in [0, 0.1) is 5.92 Å². The molecule has 68 valence electrons. The van der Waals surface area contributed by atoms with Gasteiger partial charge in [0.2, 0.25) is 0 Å². The van der Waals surface area contributed by atoms with Gasteiger partial charge in [0.1, 0.15) is 0 Å². The summed E-state index contributed by atoms with van der Waals surface area (Å²) in [4.78, 5) is 0. The lowest BCUT2D eigenvalue weighted by Crippen LogP contribution is -2.05. The lowest BCUT2D eigenvalue weighted by Gasteiger charge is -2.03. The predicted molar refractivity (Wildman–Crippen MR) is 53.9 cm³/mol. The molecule has 0 saturated carbocycles. The highest BCUT2D eigenvalue weighted by atomic mass is 14.8. The largest absolute Gasteiger partial charge is 0.316 e. The molecule has 0 aromatic heterocycles. The van der Waals surface area contributed by atoms with Crippen LogP contribution in [0.2, 0.25) is 0 Å². The molecule has 0 rings (SSSR count). The molecule has 0 aliphatic carbocycles. The Balaban J connectivity index is 0. The average Bonchev–Trinajstić information content (AvgIpc) is 2.03. The molecule has 0 aliphatic heterocycles. The molecule has 0 atom stereocenters. The summed E-state index contributed by atoms with van der Waals surface area (Å²) >= 11 is 0. The third-order valence-corrected chi connectivity index (χ3v) is 1.54. The fraction of sp³-hybridized carbons (Fsp3) is 0.800. The van der Waals surface area contributed by atoms with Gasteiger partial charge in [-0.05, 0) is 19.9 Å². The van der Waals surface area contributed by atoms with E-state index in [9.17, 15) is 0 Å². The molecule has 1 nitrogen and oxygen atoms in total. The van der Waals surface area contributed by atoms with Gasteiger partial charge in [-0.2, -0.15) is 0 Å². The smallest absolute Gasteiger partial charge is 0.0134 e. The molecule has 0 amide bonds. The van der Waals surface area contributed by atoms with Gasteiger partial charge in [0, 0.05) is 6.54 Å². The van der Waals surface area contributed by atoms with Gasteiger partial charge < -0.3 is 5.32 Å². The van der Waals surface area contributed by atoms with Crippen molar-refractivity contribution in [3.63, 3.8) is 0 Å². The first-order valence-electron chi connectivity index (χ1n) is 4.49. The summed E-state index contributed by atoms with van der Waals surface area (Å²) in [5.41, 5.74) is 1.46. The zero-order valence-corrected chi connectivity index (χ0v) is 8.86. The van der Waals surface area contributed by atoms with Gasteiger partial charge in [0.25, 0.3) is 0 Å². The second kappa shape index (κ2) is 9.70. The first-order valence-corrected chi connectivity index (χ1v) is 4.49. The topological polar surface area (TPSA) is 12.0 Å². The van der Waals surface area contributed by atoms with Gasteiger partial charge in [-0.25, -0.2) is 0 Å². The highest BCUT2D eigenvalue weighted by Gasteiger charge is 1.92. The number of rotatable bonds is 3. The summed E-state index contributed by atoms with van der Waals surface area (Å²) in [5.74, 6) is 0.693. The summed E-state index contributed by atoms with van der Waals surface area (Å²) in [6.45, 7) is 11.6. The third kappa shape index (κ3) is 9.70. The Labute approximate surface area is 71.9 Å². The molecular weight excluding hydrogens is 134 g/mol. The molecule has 0 saturated heterocycles. The molecule has 0 radical (unpaired) electrons. The maximum atomic E-state index is 3.08. The van der Waals surface area contributed by atoms with Crippen molar-refractivity contribution in [2.24, 2.45) is 5.92 Å². The molecule has 0 fully saturated rings. The number of allylic oxidation sites excluding steroid dienone is 1. The van der Waals surface area contributed by atoms with Crippen LogP contribution in [0.4, 0.5) is 0 Å². The van der Waals surface area contributed by atoms with Crippen LogP contribution in [0.1, 0.15) is 34.6 Å². The van der Waals surface area contributed by atoms with E-state index in [1.807, 2.05) is 20.9 Å². The third-order valence-electron chi connectivity index (χ3n) is 1.54.